The van der Waals surface area contributed by atoms with Crippen molar-refractivity contribution in [1.29, 1.82) is 0 Å². The van der Waals surface area contributed by atoms with Crippen LogP contribution in [0.2, 0.25) is 5.02 Å². The van der Waals surface area contributed by atoms with Gasteiger partial charge in [0.05, 0.1) is 11.7 Å². The molecular formula is C18H23ClN4OS. The summed E-state index contributed by atoms with van der Waals surface area (Å²) in [6, 6.07) is 8.69. The van der Waals surface area contributed by atoms with Crippen LogP contribution in [0.15, 0.2) is 24.3 Å². The van der Waals surface area contributed by atoms with Crippen LogP contribution < -0.4 is 4.74 Å². The summed E-state index contributed by atoms with van der Waals surface area (Å²) in [7, 11) is 0. The first-order valence-electron chi connectivity index (χ1n) is 8.97. The molecule has 25 heavy (non-hydrogen) atoms. The first-order valence-corrected chi connectivity index (χ1v) is 9.75. The lowest BCUT2D eigenvalue weighted by Gasteiger charge is -2.19. The number of halogens is 1. The Hall–Kier alpha value is -1.37. The van der Waals surface area contributed by atoms with Crippen LogP contribution in [0, 0.1) is 4.77 Å². The first-order chi connectivity index (χ1) is 12.2. The van der Waals surface area contributed by atoms with Gasteiger partial charge in [0.25, 0.3) is 0 Å². The van der Waals surface area contributed by atoms with Gasteiger partial charge in [-0.25, -0.2) is 4.68 Å². The van der Waals surface area contributed by atoms with Crippen molar-refractivity contribution in [3.63, 3.8) is 0 Å². The predicted molar refractivity (Wildman–Crippen MR) is 101 cm³/mol. The molecule has 2 fully saturated rings. The smallest absolute Gasteiger partial charge is 0.199 e. The summed E-state index contributed by atoms with van der Waals surface area (Å²) in [6.45, 7) is 4.36. The summed E-state index contributed by atoms with van der Waals surface area (Å²) in [5, 5.41) is 5.39. The summed E-state index contributed by atoms with van der Waals surface area (Å²) in [4.78, 5) is 2.44. The Labute approximate surface area is 158 Å². The van der Waals surface area contributed by atoms with Gasteiger partial charge in [0.1, 0.15) is 12.4 Å². The number of nitrogens with zero attached hydrogens (tertiary/aromatic N) is 4. The molecule has 0 radical (unpaired) electrons. The van der Waals surface area contributed by atoms with E-state index in [1.807, 2.05) is 28.9 Å². The fraction of sp³-hybridized carbons (Fsp3) is 0.556. The van der Waals surface area contributed by atoms with Crippen molar-refractivity contribution in [2.24, 2.45) is 0 Å². The van der Waals surface area contributed by atoms with Crippen molar-refractivity contribution in [3.05, 3.63) is 39.9 Å². The lowest BCUT2D eigenvalue weighted by molar-refractivity contribution is 0.204. The van der Waals surface area contributed by atoms with Crippen molar-refractivity contribution in [2.45, 2.75) is 58.0 Å². The molecule has 4 rings (SSSR count). The van der Waals surface area contributed by atoms with Gasteiger partial charge in [0.2, 0.25) is 0 Å². The fourth-order valence-electron chi connectivity index (χ4n) is 3.14. The van der Waals surface area contributed by atoms with E-state index in [2.05, 4.69) is 16.4 Å². The minimum Gasteiger partial charge on any atom is -0.484 e. The lowest BCUT2D eigenvalue weighted by Crippen LogP contribution is -2.29. The molecule has 0 spiro atoms. The Bertz CT molecular complexity index is 810. The number of aromatic nitrogens is 3. The molecule has 1 aromatic carbocycles. The zero-order chi connectivity index (χ0) is 17.4. The Morgan fingerprint density at radius 1 is 1.28 bits per heavy atom. The maximum absolute atomic E-state index is 6.19. The monoisotopic (exact) mass is 378 g/mol. The van der Waals surface area contributed by atoms with Crippen LogP contribution in [0.4, 0.5) is 0 Å². The van der Waals surface area contributed by atoms with Crippen LogP contribution in [-0.4, -0.2) is 31.8 Å². The van der Waals surface area contributed by atoms with E-state index in [9.17, 15) is 0 Å². The van der Waals surface area contributed by atoms with Gasteiger partial charge in [-0.15, -0.1) is 0 Å². The third-order valence-corrected chi connectivity index (χ3v) is 5.55. The van der Waals surface area contributed by atoms with Crippen LogP contribution in [0.3, 0.4) is 0 Å². The van der Waals surface area contributed by atoms with Gasteiger partial charge < -0.3 is 4.74 Å². The SMILES string of the molecule is CCN(Cn1nc(COc2ccccc2Cl)n(C2CC2)c1=S)C1CC1. The highest BCUT2D eigenvalue weighted by atomic mass is 35.5. The maximum atomic E-state index is 6.19. The molecule has 0 bridgehead atoms. The van der Waals surface area contributed by atoms with Crippen LogP contribution in [0.1, 0.15) is 44.5 Å². The summed E-state index contributed by atoms with van der Waals surface area (Å²) >= 11 is 11.9. The number of hydrogen-bond acceptors (Lipinski definition) is 4. The van der Waals surface area contributed by atoms with Crippen molar-refractivity contribution < 1.29 is 4.74 Å². The zero-order valence-electron chi connectivity index (χ0n) is 14.4. The molecule has 7 heteroatoms. The molecule has 1 heterocycles. The maximum Gasteiger partial charge on any atom is 0.199 e. The number of hydrogen-bond donors (Lipinski definition) is 0. The standard InChI is InChI=1S/C18H23ClN4OS/c1-2-21(13-7-8-13)12-22-18(25)23(14-9-10-14)17(20-22)11-24-16-6-4-3-5-15(16)19/h3-6,13-14H,2,7-12H2,1H3. The minimum absolute atomic E-state index is 0.381. The van der Waals surface area contributed by atoms with E-state index in [0.717, 1.165) is 23.8 Å². The van der Waals surface area contributed by atoms with E-state index in [4.69, 9.17) is 33.7 Å². The van der Waals surface area contributed by atoms with Crippen molar-refractivity contribution >= 4 is 23.8 Å². The zero-order valence-corrected chi connectivity index (χ0v) is 16.0. The van der Waals surface area contributed by atoms with Gasteiger partial charge in [-0.1, -0.05) is 30.7 Å². The van der Waals surface area contributed by atoms with Crippen molar-refractivity contribution in [1.82, 2.24) is 19.2 Å². The van der Waals surface area contributed by atoms with Gasteiger partial charge in [0.15, 0.2) is 10.6 Å². The van der Waals surface area contributed by atoms with E-state index in [1.165, 1.54) is 25.7 Å². The molecule has 134 valence electrons. The minimum atomic E-state index is 0.381. The Kier molecular flexibility index (Phi) is 4.84. The molecule has 2 saturated carbocycles. The van der Waals surface area contributed by atoms with E-state index >= 15 is 0 Å². The van der Waals surface area contributed by atoms with Gasteiger partial charge in [-0.3, -0.25) is 9.47 Å². The highest BCUT2D eigenvalue weighted by Gasteiger charge is 2.31. The summed E-state index contributed by atoms with van der Waals surface area (Å²) in [6.07, 6.45) is 4.90. The summed E-state index contributed by atoms with van der Waals surface area (Å²) in [5.74, 6) is 1.57. The van der Waals surface area contributed by atoms with Gasteiger partial charge >= 0.3 is 0 Å². The fourth-order valence-corrected chi connectivity index (χ4v) is 3.69. The second-order valence-electron chi connectivity index (χ2n) is 6.80. The lowest BCUT2D eigenvalue weighted by atomic mass is 10.3. The van der Waals surface area contributed by atoms with Gasteiger partial charge in [-0.05, 0) is 56.6 Å². The van der Waals surface area contributed by atoms with E-state index in [-0.39, 0.29) is 0 Å². The van der Waals surface area contributed by atoms with E-state index in [0.29, 0.717) is 29.5 Å². The largest absolute Gasteiger partial charge is 0.484 e. The average Bonchev–Trinajstić information content (AvgIpc) is 3.51. The Balaban J connectivity index is 1.55. The number of benzene rings is 1. The number of rotatable bonds is 8. The molecule has 0 aliphatic heterocycles. The third-order valence-electron chi connectivity index (χ3n) is 4.83. The molecule has 2 aliphatic rings. The van der Waals surface area contributed by atoms with Crippen molar-refractivity contribution in [2.75, 3.05) is 6.54 Å². The summed E-state index contributed by atoms with van der Waals surface area (Å²) in [5.41, 5.74) is 0. The Morgan fingerprint density at radius 3 is 2.68 bits per heavy atom. The van der Waals surface area contributed by atoms with Crippen LogP contribution in [-0.2, 0) is 13.3 Å². The predicted octanol–water partition coefficient (Wildman–Crippen LogP) is 4.42. The molecule has 0 unspecified atom stereocenters. The average molecular weight is 379 g/mol. The molecule has 2 aliphatic carbocycles. The second kappa shape index (κ2) is 7.09. The highest BCUT2D eigenvalue weighted by molar-refractivity contribution is 7.71. The molecule has 0 amide bonds. The van der Waals surface area contributed by atoms with E-state index in [1.54, 1.807) is 0 Å². The number of ether oxygens (including phenoxy) is 1. The normalized spacial score (nSPS) is 17.2. The quantitative estimate of drug-likeness (QED) is 0.637. The highest BCUT2D eigenvalue weighted by Crippen LogP contribution is 2.37. The molecule has 1 aromatic heterocycles. The van der Waals surface area contributed by atoms with Gasteiger partial charge in [-0.2, -0.15) is 5.10 Å². The molecule has 0 saturated heterocycles. The van der Waals surface area contributed by atoms with Crippen LogP contribution >= 0.6 is 23.8 Å². The molecule has 5 nitrogen and oxygen atoms in total. The molecule has 0 atom stereocenters. The first kappa shape index (κ1) is 17.1. The molecule has 2 aromatic rings. The summed E-state index contributed by atoms with van der Waals surface area (Å²) < 4.78 is 10.8. The van der Waals surface area contributed by atoms with Crippen LogP contribution in [0.25, 0.3) is 0 Å². The molecular weight excluding hydrogens is 356 g/mol. The van der Waals surface area contributed by atoms with Gasteiger partial charge in [0, 0.05) is 12.1 Å². The van der Waals surface area contributed by atoms with Crippen LogP contribution in [0.5, 0.6) is 5.75 Å². The topological polar surface area (TPSA) is 35.2 Å². The third kappa shape index (κ3) is 3.76. The Morgan fingerprint density at radius 2 is 2.04 bits per heavy atom. The van der Waals surface area contributed by atoms with E-state index < -0.39 is 0 Å². The second-order valence-corrected chi connectivity index (χ2v) is 7.57. The molecule has 0 N–H and O–H groups in total. The van der Waals surface area contributed by atoms with Crippen molar-refractivity contribution in [3.8, 4) is 5.75 Å². The number of para-hydroxylation sites is 1.